The number of carbonyl (C=O) groups excluding carboxylic acids is 1. The lowest BCUT2D eigenvalue weighted by Crippen LogP contribution is -2.48. The van der Waals surface area contributed by atoms with Crippen LogP contribution in [-0.4, -0.2) is 36.7 Å². The van der Waals surface area contributed by atoms with Gasteiger partial charge in [0, 0.05) is 12.2 Å². The van der Waals surface area contributed by atoms with Gasteiger partial charge in [0.15, 0.2) is 0 Å². The van der Waals surface area contributed by atoms with E-state index in [4.69, 9.17) is 16.3 Å². The standard InChI is InChI=1S/C12H14ClFN2O2/c1-8-7-18-5-4-16(8)12(17)15-9-2-3-11(14)10(13)6-9/h2-3,6,8H,4-5,7H2,1H3,(H,15,17). The van der Waals surface area contributed by atoms with Crippen LogP contribution < -0.4 is 5.32 Å². The third-order valence-electron chi connectivity index (χ3n) is 2.80. The van der Waals surface area contributed by atoms with Crippen molar-refractivity contribution in [2.45, 2.75) is 13.0 Å². The molecule has 6 heteroatoms. The summed E-state index contributed by atoms with van der Waals surface area (Å²) in [5.41, 5.74) is 0.477. The highest BCUT2D eigenvalue weighted by Crippen LogP contribution is 2.20. The molecule has 0 radical (unpaired) electrons. The lowest BCUT2D eigenvalue weighted by Gasteiger charge is -2.33. The lowest BCUT2D eigenvalue weighted by atomic mass is 10.2. The van der Waals surface area contributed by atoms with Gasteiger partial charge in [-0.05, 0) is 25.1 Å². The highest BCUT2D eigenvalue weighted by atomic mass is 35.5. The van der Waals surface area contributed by atoms with E-state index in [2.05, 4.69) is 5.32 Å². The van der Waals surface area contributed by atoms with Gasteiger partial charge in [-0.25, -0.2) is 9.18 Å². The van der Waals surface area contributed by atoms with Crippen LogP contribution in [0.2, 0.25) is 5.02 Å². The first kappa shape index (κ1) is 13.1. The van der Waals surface area contributed by atoms with E-state index >= 15 is 0 Å². The van der Waals surface area contributed by atoms with E-state index in [0.717, 1.165) is 0 Å². The van der Waals surface area contributed by atoms with Crippen LogP contribution in [0, 0.1) is 5.82 Å². The third-order valence-corrected chi connectivity index (χ3v) is 3.09. The molecule has 1 fully saturated rings. The fourth-order valence-electron chi connectivity index (χ4n) is 1.80. The fraction of sp³-hybridized carbons (Fsp3) is 0.417. The Kier molecular flexibility index (Phi) is 4.04. The number of urea groups is 1. The van der Waals surface area contributed by atoms with Gasteiger partial charge >= 0.3 is 6.03 Å². The molecule has 0 bridgehead atoms. The van der Waals surface area contributed by atoms with Gasteiger partial charge in [-0.3, -0.25) is 0 Å². The predicted octanol–water partition coefficient (Wildman–Crippen LogP) is 2.73. The molecule has 0 spiro atoms. The first-order valence-electron chi connectivity index (χ1n) is 5.68. The van der Waals surface area contributed by atoms with Crippen LogP contribution in [0.1, 0.15) is 6.92 Å². The van der Waals surface area contributed by atoms with Gasteiger partial charge in [0.1, 0.15) is 5.82 Å². The number of anilines is 1. The second-order valence-electron chi connectivity index (χ2n) is 4.18. The lowest BCUT2D eigenvalue weighted by molar-refractivity contribution is 0.0222. The Hall–Kier alpha value is -1.33. The van der Waals surface area contributed by atoms with Crippen LogP contribution in [-0.2, 0) is 4.74 Å². The van der Waals surface area contributed by atoms with E-state index in [1.54, 1.807) is 4.90 Å². The maximum absolute atomic E-state index is 13.0. The average Bonchev–Trinajstić information content (AvgIpc) is 2.34. The molecule has 1 aliphatic rings. The first-order valence-corrected chi connectivity index (χ1v) is 6.06. The largest absolute Gasteiger partial charge is 0.377 e. The summed E-state index contributed by atoms with van der Waals surface area (Å²) >= 11 is 5.65. The summed E-state index contributed by atoms with van der Waals surface area (Å²) in [4.78, 5) is 13.7. The quantitative estimate of drug-likeness (QED) is 0.854. The summed E-state index contributed by atoms with van der Waals surface area (Å²) in [5, 5.41) is 2.68. The maximum Gasteiger partial charge on any atom is 0.322 e. The summed E-state index contributed by atoms with van der Waals surface area (Å²) in [5.74, 6) is -0.505. The van der Waals surface area contributed by atoms with Crippen molar-refractivity contribution in [1.29, 1.82) is 0 Å². The van der Waals surface area contributed by atoms with Gasteiger partial charge in [0.25, 0.3) is 0 Å². The molecule has 18 heavy (non-hydrogen) atoms. The zero-order chi connectivity index (χ0) is 13.1. The smallest absolute Gasteiger partial charge is 0.322 e. The summed E-state index contributed by atoms with van der Waals surface area (Å²) < 4.78 is 18.2. The fourth-order valence-corrected chi connectivity index (χ4v) is 1.98. The molecule has 1 atom stereocenters. The van der Waals surface area contributed by atoms with Crippen LogP contribution in [0.15, 0.2) is 18.2 Å². The van der Waals surface area contributed by atoms with Crippen molar-refractivity contribution in [1.82, 2.24) is 4.90 Å². The van der Waals surface area contributed by atoms with Gasteiger partial charge in [-0.2, -0.15) is 0 Å². The average molecular weight is 273 g/mol. The molecule has 2 amide bonds. The van der Waals surface area contributed by atoms with Gasteiger partial charge in [-0.15, -0.1) is 0 Å². The number of amides is 2. The summed E-state index contributed by atoms with van der Waals surface area (Å²) in [6.45, 7) is 3.51. The number of halogens is 2. The number of rotatable bonds is 1. The monoisotopic (exact) mass is 272 g/mol. The van der Waals surface area contributed by atoms with E-state index in [1.165, 1.54) is 18.2 Å². The number of nitrogens with zero attached hydrogens (tertiary/aromatic N) is 1. The van der Waals surface area contributed by atoms with Crippen molar-refractivity contribution >= 4 is 23.3 Å². The number of hydrogen-bond donors (Lipinski definition) is 1. The number of morpholine rings is 1. The second kappa shape index (κ2) is 5.54. The van der Waals surface area contributed by atoms with Crippen LogP contribution in [0.4, 0.5) is 14.9 Å². The molecular weight excluding hydrogens is 259 g/mol. The number of hydrogen-bond acceptors (Lipinski definition) is 2. The highest BCUT2D eigenvalue weighted by molar-refractivity contribution is 6.31. The summed E-state index contributed by atoms with van der Waals surface area (Å²) in [6.07, 6.45) is 0. The zero-order valence-electron chi connectivity index (χ0n) is 9.95. The van der Waals surface area contributed by atoms with E-state index < -0.39 is 5.82 Å². The van der Waals surface area contributed by atoms with E-state index in [9.17, 15) is 9.18 Å². The second-order valence-corrected chi connectivity index (χ2v) is 4.58. The van der Waals surface area contributed by atoms with Gasteiger partial charge in [0.05, 0.1) is 24.3 Å². The minimum atomic E-state index is -0.505. The molecule has 1 unspecified atom stereocenters. The molecule has 4 nitrogen and oxygen atoms in total. The zero-order valence-corrected chi connectivity index (χ0v) is 10.7. The molecular formula is C12H14ClFN2O2. The van der Waals surface area contributed by atoms with E-state index in [1.807, 2.05) is 6.92 Å². The molecule has 98 valence electrons. The molecule has 0 aromatic heterocycles. The van der Waals surface area contributed by atoms with E-state index in [-0.39, 0.29) is 17.1 Å². The van der Waals surface area contributed by atoms with Crippen molar-refractivity contribution in [3.8, 4) is 0 Å². The molecule has 1 heterocycles. The van der Waals surface area contributed by atoms with Gasteiger partial charge < -0.3 is 15.0 Å². The Morgan fingerprint density at radius 2 is 2.39 bits per heavy atom. The highest BCUT2D eigenvalue weighted by Gasteiger charge is 2.23. The van der Waals surface area contributed by atoms with E-state index in [0.29, 0.717) is 25.4 Å². The maximum atomic E-state index is 13.0. The predicted molar refractivity (Wildman–Crippen MR) is 67.4 cm³/mol. The number of benzene rings is 1. The van der Waals surface area contributed by atoms with Gasteiger partial charge in [0.2, 0.25) is 0 Å². The Labute approximate surface area is 110 Å². The number of carbonyl (C=O) groups is 1. The number of nitrogens with one attached hydrogen (secondary N) is 1. The molecule has 1 aromatic carbocycles. The van der Waals surface area contributed by atoms with Crippen molar-refractivity contribution in [2.75, 3.05) is 25.1 Å². The van der Waals surface area contributed by atoms with Gasteiger partial charge in [-0.1, -0.05) is 11.6 Å². The van der Waals surface area contributed by atoms with Crippen molar-refractivity contribution in [2.24, 2.45) is 0 Å². The normalized spacial score (nSPS) is 19.7. The van der Waals surface area contributed by atoms with Crippen LogP contribution >= 0.6 is 11.6 Å². The summed E-state index contributed by atoms with van der Waals surface area (Å²) in [7, 11) is 0. The third kappa shape index (κ3) is 2.91. The Morgan fingerprint density at radius 1 is 1.61 bits per heavy atom. The minimum absolute atomic E-state index is 0.0113. The first-order chi connectivity index (χ1) is 8.58. The molecule has 0 saturated carbocycles. The van der Waals surface area contributed by atoms with Crippen molar-refractivity contribution in [3.63, 3.8) is 0 Å². The van der Waals surface area contributed by atoms with Crippen LogP contribution in [0.3, 0.4) is 0 Å². The minimum Gasteiger partial charge on any atom is -0.377 e. The Bertz CT molecular complexity index is 456. The summed E-state index contributed by atoms with van der Waals surface area (Å²) in [6, 6.07) is 3.88. The van der Waals surface area contributed by atoms with Crippen molar-refractivity contribution < 1.29 is 13.9 Å². The molecule has 0 aliphatic carbocycles. The van der Waals surface area contributed by atoms with Crippen LogP contribution in [0.5, 0.6) is 0 Å². The SMILES string of the molecule is CC1COCCN1C(=O)Nc1ccc(F)c(Cl)c1. The number of ether oxygens (including phenoxy) is 1. The molecule has 1 aliphatic heterocycles. The topological polar surface area (TPSA) is 41.6 Å². The Morgan fingerprint density at radius 3 is 3.06 bits per heavy atom. The molecule has 1 aromatic rings. The molecule has 1 N–H and O–H groups in total. The Balaban J connectivity index is 2.04. The van der Waals surface area contributed by atoms with Crippen LogP contribution in [0.25, 0.3) is 0 Å². The molecule has 2 rings (SSSR count). The van der Waals surface area contributed by atoms with Crippen molar-refractivity contribution in [3.05, 3.63) is 29.0 Å². The molecule has 1 saturated heterocycles.